The molecule has 1 fully saturated rings. The van der Waals surface area contributed by atoms with Crippen molar-refractivity contribution in [2.24, 2.45) is 0 Å². The van der Waals surface area contributed by atoms with Gasteiger partial charge in [0.25, 0.3) is 0 Å². The molecule has 1 N–H and O–H groups in total. The number of carbonyl (C=O) groups excluding carboxylic acids is 1. The molecule has 3 aromatic rings. The number of benzene rings is 3. The molecular formula is C26H26FN3O4. The van der Waals surface area contributed by atoms with Crippen LogP contribution in [-0.2, 0) is 13.0 Å². The summed E-state index contributed by atoms with van der Waals surface area (Å²) in [4.78, 5) is 25.6. The van der Waals surface area contributed by atoms with Gasteiger partial charge in [-0.25, -0.2) is 9.18 Å². The van der Waals surface area contributed by atoms with E-state index in [4.69, 9.17) is 4.74 Å². The second-order valence-corrected chi connectivity index (χ2v) is 8.31. The Morgan fingerprint density at radius 2 is 1.62 bits per heavy atom. The van der Waals surface area contributed by atoms with E-state index < -0.39 is 16.8 Å². The summed E-state index contributed by atoms with van der Waals surface area (Å²) < 4.78 is 18.3. The third-order valence-corrected chi connectivity index (χ3v) is 5.85. The van der Waals surface area contributed by atoms with Crippen LogP contribution in [0.2, 0.25) is 0 Å². The average Bonchev–Trinajstić information content (AvgIpc) is 3.34. The van der Waals surface area contributed by atoms with Crippen LogP contribution in [0.25, 0.3) is 11.1 Å². The highest BCUT2D eigenvalue weighted by Gasteiger charge is 2.19. The highest BCUT2D eigenvalue weighted by atomic mass is 19.1. The number of rotatable bonds is 8. The molecule has 34 heavy (non-hydrogen) atoms. The van der Waals surface area contributed by atoms with Crippen LogP contribution in [0.15, 0.2) is 66.7 Å². The van der Waals surface area contributed by atoms with E-state index in [9.17, 15) is 19.3 Å². The molecule has 0 saturated carbocycles. The first kappa shape index (κ1) is 23.4. The van der Waals surface area contributed by atoms with Gasteiger partial charge in [-0.05, 0) is 72.8 Å². The van der Waals surface area contributed by atoms with Crippen molar-refractivity contribution in [3.63, 3.8) is 0 Å². The molecule has 0 atom stereocenters. The van der Waals surface area contributed by atoms with Gasteiger partial charge in [0.2, 0.25) is 5.75 Å². The molecule has 0 aromatic heterocycles. The van der Waals surface area contributed by atoms with Gasteiger partial charge >= 0.3 is 11.8 Å². The monoisotopic (exact) mass is 463 g/mol. The normalized spacial score (nSPS) is 13.6. The summed E-state index contributed by atoms with van der Waals surface area (Å²) >= 11 is 0. The molecule has 0 aliphatic carbocycles. The Hall–Kier alpha value is -3.78. The Morgan fingerprint density at radius 1 is 0.971 bits per heavy atom. The second kappa shape index (κ2) is 10.9. The number of nitrogens with one attached hydrogen (secondary N) is 1. The summed E-state index contributed by atoms with van der Waals surface area (Å²) in [6.07, 6.45) is 2.39. The van der Waals surface area contributed by atoms with Crippen LogP contribution in [0, 0.1) is 15.9 Å². The molecule has 4 rings (SSSR count). The molecule has 176 valence electrons. The van der Waals surface area contributed by atoms with Crippen molar-refractivity contribution in [1.82, 2.24) is 10.2 Å². The van der Waals surface area contributed by atoms with E-state index in [2.05, 4.69) is 34.5 Å². The largest absolute Gasteiger partial charge is 0.412 e. The lowest BCUT2D eigenvalue weighted by molar-refractivity contribution is -0.385. The number of nitro benzene ring substituents is 1. The van der Waals surface area contributed by atoms with E-state index >= 15 is 0 Å². The summed E-state index contributed by atoms with van der Waals surface area (Å²) in [6, 6.07) is 18.2. The van der Waals surface area contributed by atoms with Crippen molar-refractivity contribution in [2.45, 2.75) is 25.8 Å². The standard InChI is InChI=1S/C26H26FN3O4/c27-23-10-7-21(8-11-23)22-9-12-25(24(17-22)30(32)33)34-26(31)28-14-13-19-3-5-20(6-4-19)18-29-15-1-2-16-29/h3-12,17H,1-2,13-16,18H2,(H,28,31). The zero-order valence-electron chi connectivity index (χ0n) is 18.7. The fraction of sp³-hybridized carbons (Fsp3) is 0.269. The van der Waals surface area contributed by atoms with Gasteiger partial charge in [0.15, 0.2) is 0 Å². The Kier molecular flexibility index (Phi) is 7.49. The van der Waals surface area contributed by atoms with Gasteiger partial charge in [-0.1, -0.05) is 42.5 Å². The minimum absolute atomic E-state index is 0.153. The lowest BCUT2D eigenvalue weighted by Gasteiger charge is -2.14. The SMILES string of the molecule is O=C(NCCc1ccc(CN2CCCC2)cc1)Oc1ccc(-c2ccc(F)cc2)cc1[N+](=O)[O-]. The Labute approximate surface area is 197 Å². The third-order valence-electron chi connectivity index (χ3n) is 5.85. The summed E-state index contributed by atoms with van der Waals surface area (Å²) in [5.74, 6) is -0.549. The number of hydrogen-bond donors (Lipinski definition) is 1. The fourth-order valence-corrected chi connectivity index (χ4v) is 4.02. The first-order valence-electron chi connectivity index (χ1n) is 11.3. The van der Waals surface area contributed by atoms with Crippen LogP contribution in [0.4, 0.5) is 14.9 Å². The maximum Gasteiger partial charge on any atom is 0.412 e. The number of nitro groups is 1. The van der Waals surface area contributed by atoms with Crippen LogP contribution in [0.3, 0.4) is 0 Å². The molecule has 8 heteroatoms. The van der Waals surface area contributed by atoms with E-state index in [-0.39, 0.29) is 11.4 Å². The third kappa shape index (κ3) is 6.17. The van der Waals surface area contributed by atoms with E-state index in [1.165, 1.54) is 54.8 Å². The minimum atomic E-state index is -0.761. The van der Waals surface area contributed by atoms with Crippen molar-refractivity contribution < 1.29 is 18.8 Å². The summed E-state index contributed by atoms with van der Waals surface area (Å²) in [5.41, 5.74) is 3.15. The van der Waals surface area contributed by atoms with Gasteiger partial charge < -0.3 is 10.1 Å². The van der Waals surface area contributed by atoms with Crippen molar-refractivity contribution in [2.75, 3.05) is 19.6 Å². The molecule has 1 aliphatic heterocycles. The lowest BCUT2D eigenvalue weighted by atomic mass is 10.0. The lowest BCUT2D eigenvalue weighted by Crippen LogP contribution is -2.29. The van der Waals surface area contributed by atoms with Gasteiger partial charge in [0.1, 0.15) is 5.82 Å². The van der Waals surface area contributed by atoms with Gasteiger partial charge in [0, 0.05) is 19.2 Å². The van der Waals surface area contributed by atoms with Gasteiger partial charge in [-0.3, -0.25) is 15.0 Å². The van der Waals surface area contributed by atoms with E-state index in [0.29, 0.717) is 24.1 Å². The fourth-order valence-electron chi connectivity index (χ4n) is 4.02. The molecular weight excluding hydrogens is 437 g/mol. The van der Waals surface area contributed by atoms with Crippen molar-refractivity contribution in [1.29, 1.82) is 0 Å². The van der Waals surface area contributed by atoms with Gasteiger partial charge in [-0.15, -0.1) is 0 Å². The average molecular weight is 464 g/mol. The smallest absolute Gasteiger partial charge is 0.403 e. The van der Waals surface area contributed by atoms with Crippen molar-refractivity contribution >= 4 is 11.8 Å². The Balaban J connectivity index is 1.30. The molecule has 0 spiro atoms. The quantitative estimate of drug-likeness (QED) is 0.361. The van der Waals surface area contributed by atoms with Crippen LogP contribution in [0.5, 0.6) is 5.75 Å². The van der Waals surface area contributed by atoms with Crippen LogP contribution < -0.4 is 10.1 Å². The molecule has 0 radical (unpaired) electrons. The summed E-state index contributed by atoms with van der Waals surface area (Å²) in [7, 11) is 0. The van der Waals surface area contributed by atoms with E-state index in [0.717, 1.165) is 25.2 Å². The van der Waals surface area contributed by atoms with E-state index in [1.54, 1.807) is 6.07 Å². The number of ether oxygens (including phenoxy) is 1. The topological polar surface area (TPSA) is 84.7 Å². The highest BCUT2D eigenvalue weighted by molar-refractivity contribution is 5.74. The number of halogens is 1. The summed E-state index contributed by atoms with van der Waals surface area (Å²) in [6.45, 7) is 3.61. The number of likely N-dealkylation sites (tertiary alicyclic amines) is 1. The first-order valence-corrected chi connectivity index (χ1v) is 11.3. The minimum Gasteiger partial charge on any atom is -0.403 e. The predicted molar refractivity (Wildman–Crippen MR) is 127 cm³/mol. The predicted octanol–water partition coefficient (Wildman–Crippen LogP) is 5.33. The summed E-state index contributed by atoms with van der Waals surface area (Å²) in [5, 5.41) is 14.1. The molecule has 7 nitrogen and oxygen atoms in total. The molecule has 0 bridgehead atoms. The number of carbonyl (C=O) groups is 1. The zero-order chi connectivity index (χ0) is 23.9. The van der Waals surface area contributed by atoms with Crippen LogP contribution in [0.1, 0.15) is 24.0 Å². The molecule has 0 unspecified atom stereocenters. The maximum absolute atomic E-state index is 13.1. The van der Waals surface area contributed by atoms with Crippen LogP contribution >= 0.6 is 0 Å². The maximum atomic E-state index is 13.1. The molecule has 3 aromatic carbocycles. The number of hydrogen-bond acceptors (Lipinski definition) is 5. The number of amides is 1. The molecule has 1 aliphatic rings. The van der Waals surface area contributed by atoms with Gasteiger partial charge in [0.05, 0.1) is 4.92 Å². The van der Waals surface area contributed by atoms with E-state index in [1.807, 2.05) is 0 Å². The van der Waals surface area contributed by atoms with Crippen LogP contribution in [-0.4, -0.2) is 35.6 Å². The number of nitrogens with zero attached hydrogens (tertiary/aromatic N) is 2. The van der Waals surface area contributed by atoms with Crippen molar-refractivity contribution in [3.05, 3.63) is 93.8 Å². The second-order valence-electron chi connectivity index (χ2n) is 8.31. The molecule has 1 heterocycles. The molecule has 1 amide bonds. The highest BCUT2D eigenvalue weighted by Crippen LogP contribution is 2.32. The van der Waals surface area contributed by atoms with Crippen molar-refractivity contribution in [3.8, 4) is 16.9 Å². The molecule has 1 saturated heterocycles. The Morgan fingerprint density at radius 3 is 2.29 bits per heavy atom. The Bertz CT molecular complexity index is 1140. The van der Waals surface area contributed by atoms with Gasteiger partial charge in [-0.2, -0.15) is 0 Å². The zero-order valence-corrected chi connectivity index (χ0v) is 18.7. The first-order chi connectivity index (χ1) is 16.5.